The van der Waals surface area contributed by atoms with Crippen molar-refractivity contribution in [3.8, 4) is 0 Å². The Labute approximate surface area is 164 Å². The first-order valence-electron chi connectivity index (χ1n) is 7.63. The van der Waals surface area contributed by atoms with E-state index in [-0.39, 0.29) is 6.61 Å². The van der Waals surface area contributed by atoms with Crippen molar-refractivity contribution >= 4 is 62.2 Å². The van der Waals surface area contributed by atoms with Gasteiger partial charge in [-0.25, -0.2) is 14.8 Å². The molecule has 136 valence electrons. The van der Waals surface area contributed by atoms with Crippen LogP contribution in [0.25, 0.3) is 10.2 Å². The fourth-order valence-electron chi connectivity index (χ4n) is 2.36. The lowest BCUT2D eigenvalue weighted by Gasteiger charge is -2.09. The van der Waals surface area contributed by atoms with Gasteiger partial charge in [-0.05, 0) is 30.7 Å². The van der Waals surface area contributed by atoms with Gasteiger partial charge in [0.15, 0.2) is 0 Å². The fraction of sp³-hybridized carbons (Fsp3) is 0.235. The molecule has 9 heteroatoms. The fourth-order valence-corrected chi connectivity index (χ4v) is 3.86. The maximum Gasteiger partial charge on any atom is 0.348 e. The van der Waals surface area contributed by atoms with Crippen molar-refractivity contribution in [2.45, 2.75) is 6.92 Å². The lowest BCUT2D eigenvalue weighted by atomic mass is 10.2. The van der Waals surface area contributed by atoms with E-state index in [1.807, 2.05) is 6.92 Å². The Balaban J connectivity index is 1.96. The van der Waals surface area contributed by atoms with Crippen LogP contribution in [-0.4, -0.2) is 36.3 Å². The van der Waals surface area contributed by atoms with Crippen molar-refractivity contribution in [2.24, 2.45) is 0 Å². The van der Waals surface area contributed by atoms with Gasteiger partial charge in [0.2, 0.25) is 0 Å². The van der Waals surface area contributed by atoms with Gasteiger partial charge in [0.1, 0.15) is 28.5 Å². The zero-order valence-electron chi connectivity index (χ0n) is 14.0. The van der Waals surface area contributed by atoms with Gasteiger partial charge in [0.25, 0.3) is 0 Å². The molecule has 0 unspecified atom stereocenters. The number of fused-ring (bicyclic) bond motifs is 1. The number of nitrogens with zero attached hydrogens (tertiary/aromatic N) is 2. The third-order valence-electron chi connectivity index (χ3n) is 3.62. The van der Waals surface area contributed by atoms with Gasteiger partial charge in [-0.3, -0.25) is 0 Å². The SMILES string of the molecule is COCCOC(=O)c1sc2ncnc(Nc3ccc(Cl)cc3Cl)c2c1C. The number of carbonyl (C=O) groups excluding carboxylic acids is 1. The number of hydrogen-bond acceptors (Lipinski definition) is 7. The smallest absolute Gasteiger partial charge is 0.348 e. The molecule has 0 atom stereocenters. The summed E-state index contributed by atoms with van der Waals surface area (Å²) < 4.78 is 10.1. The first kappa shape index (κ1) is 18.8. The number of aryl methyl sites for hydroxylation is 1. The third kappa shape index (κ3) is 3.91. The number of esters is 1. The van der Waals surface area contributed by atoms with Crippen LogP contribution in [0.5, 0.6) is 0 Å². The van der Waals surface area contributed by atoms with Gasteiger partial charge in [-0.1, -0.05) is 23.2 Å². The molecule has 6 nitrogen and oxygen atoms in total. The van der Waals surface area contributed by atoms with Gasteiger partial charge in [0, 0.05) is 12.1 Å². The molecule has 2 aromatic heterocycles. The van der Waals surface area contributed by atoms with Crippen LogP contribution in [0.1, 0.15) is 15.2 Å². The second-order valence-electron chi connectivity index (χ2n) is 5.34. The number of aromatic nitrogens is 2. The summed E-state index contributed by atoms with van der Waals surface area (Å²) in [5.74, 6) is 0.155. The maximum atomic E-state index is 12.3. The molecular formula is C17H15Cl2N3O3S. The van der Waals surface area contributed by atoms with Crippen molar-refractivity contribution in [3.63, 3.8) is 0 Å². The minimum atomic E-state index is -0.405. The van der Waals surface area contributed by atoms with E-state index in [0.717, 1.165) is 10.9 Å². The predicted molar refractivity (Wildman–Crippen MR) is 104 cm³/mol. The Bertz CT molecular complexity index is 962. The number of benzene rings is 1. The molecule has 26 heavy (non-hydrogen) atoms. The van der Waals surface area contributed by atoms with Gasteiger partial charge in [-0.15, -0.1) is 11.3 Å². The second kappa shape index (κ2) is 8.18. The summed E-state index contributed by atoms with van der Waals surface area (Å²) in [5.41, 5.74) is 1.41. The van der Waals surface area contributed by atoms with Crippen LogP contribution in [0.3, 0.4) is 0 Å². The van der Waals surface area contributed by atoms with Gasteiger partial charge >= 0.3 is 5.97 Å². The highest BCUT2D eigenvalue weighted by molar-refractivity contribution is 7.20. The molecule has 0 bridgehead atoms. The van der Waals surface area contributed by atoms with E-state index in [4.69, 9.17) is 32.7 Å². The highest BCUT2D eigenvalue weighted by Crippen LogP contribution is 2.36. The summed E-state index contributed by atoms with van der Waals surface area (Å²) in [5, 5.41) is 4.94. The molecule has 0 spiro atoms. The van der Waals surface area contributed by atoms with Crippen LogP contribution < -0.4 is 5.32 Å². The van der Waals surface area contributed by atoms with E-state index < -0.39 is 5.97 Å². The van der Waals surface area contributed by atoms with E-state index in [2.05, 4.69) is 15.3 Å². The Morgan fingerprint density at radius 2 is 2.08 bits per heavy atom. The average Bonchev–Trinajstić information content (AvgIpc) is 2.95. The Morgan fingerprint density at radius 1 is 1.27 bits per heavy atom. The van der Waals surface area contributed by atoms with E-state index in [1.165, 1.54) is 17.7 Å². The number of carbonyl (C=O) groups is 1. The number of anilines is 2. The Kier molecular flexibility index (Phi) is 5.93. The average molecular weight is 412 g/mol. The minimum Gasteiger partial charge on any atom is -0.459 e. The van der Waals surface area contributed by atoms with Crippen LogP contribution in [0.15, 0.2) is 24.5 Å². The molecule has 0 aliphatic rings. The number of ether oxygens (including phenoxy) is 2. The van der Waals surface area contributed by atoms with E-state index in [0.29, 0.717) is 37.9 Å². The van der Waals surface area contributed by atoms with Crippen molar-refractivity contribution in [3.05, 3.63) is 45.0 Å². The third-order valence-corrected chi connectivity index (χ3v) is 5.34. The van der Waals surface area contributed by atoms with Gasteiger partial charge in [0.05, 0.1) is 22.7 Å². The summed E-state index contributed by atoms with van der Waals surface area (Å²) in [7, 11) is 1.55. The van der Waals surface area contributed by atoms with Crippen molar-refractivity contribution < 1.29 is 14.3 Å². The highest BCUT2D eigenvalue weighted by Gasteiger charge is 2.20. The monoisotopic (exact) mass is 411 g/mol. The summed E-state index contributed by atoms with van der Waals surface area (Å²) in [4.78, 5) is 22.0. The zero-order valence-corrected chi connectivity index (χ0v) is 16.3. The molecule has 0 saturated carbocycles. The molecule has 2 heterocycles. The zero-order chi connectivity index (χ0) is 18.7. The number of halogens is 2. The Morgan fingerprint density at radius 3 is 2.81 bits per heavy atom. The molecule has 0 radical (unpaired) electrons. The van der Waals surface area contributed by atoms with Crippen LogP contribution in [-0.2, 0) is 9.47 Å². The number of rotatable bonds is 6. The highest BCUT2D eigenvalue weighted by atomic mass is 35.5. The van der Waals surface area contributed by atoms with E-state index in [1.54, 1.807) is 25.3 Å². The topological polar surface area (TPSA) is 73.3 Å². The van der Waals surface area contributed by atoms with Crippen LogP contribution in [0, 0.1) is 6.92 Å². The predicted octanol–water partition coefficient (Wildman–Crippen LogP) is 4.85. The van der Waals surface area contributed by atoms with Gasteiger partial charge in [-0.2, -0.15) is 0 Å². The lowest BCUT2D eigenvalue weighted by molar-refractivity contribution is 0.0393. The van der Waals surface area contributed by atoms with Crippen molar-refractivity contribution in [1.82, 2.24) is 9.97 Å². The summed E-state index contributed by atoms with van der Waals surface area (Å²) in [6.45, 7) is 2.38. The van der Waals surface area contributed by atoms with Gasteiger partial charge < -0.3 is 14.8 Å². The number of nitrogens with one attached hydrogen (secondary N) is 1. The quantitative estimate of drug-likeness (QED) is 0.461. The molecule has 0 aliphatic heterocycles. The molecule has 0 amide bonds. The number of methoxy groups -OCH3 is 1. The minimum absolute atomic E-state index is 0.195. The second-order valence-corrected chi connectivity index (χ2v) is 7.18. The largest absolute Gasteiger partial charge is 0.459 e. The molecule has 0 aliphatic carbocycles. The normalized spacial score (nSPS) is 10.9. The molecule has 1 N–H and O–H groups in total. The Hall–Kier alpha value is -1.93. The summed E-state index contributed by atoms with van der Waals surface area (Å²) >= 11 is 13.4. The molecule has 0 saturated heterocycles. The molecule has 0 fully saturated rings. The molecule has 1 aromatic carbocycles. The van der Waals surface area contributed by atoms with E-state index in [9.17, 15) is 4.79 Å². The number of thiophene rings is 1. The van der Waals surface area contributed by atoms with E-state index >= 15 is 0 Å². The van der Waals surface area contributed by atoms with Crippen molar-refractivity contribution in [1.29, 1.82) is 0 Å². The molecule has 3 aromatic rings. The molecule has 3 rings (SSSR count). The van der Waals surface area contributed by atoms with Crippen LogP contribution >= 0.6 is 34.5 Å². The number of hydrogen-bond donors (Lipinski definition) is 1. The van der Waals surface area contributed by atoms with Crippen LogP contribution in [0.2, 0.25) is 10.0 Å². The maximum absolute atomic E-state index is 12.3. The summed E-state index contributed by atoms with van der Waals surface area (Å²) in [6.07, 6.45) is 1.43. The van der Waals surface area contributed by atoms with Crippen molar-refractivity contribution in [2.75, 3.05) is 25.6 Å². The first-order valence-corrected chi connectivity index (χ1v) is 9.20. The standard InChI is InChI=1S/C17H15Cl2N3O3S/c1-9-13-15(22-12-4-3-10(18)7-11(12)19)20-8-21-16(13)26-14(9)17(23)25-6-5-24-2/h3-4,7-8H,5-6H2,1-2H3,(H,20,21,22). The van der Waals surface area contributed by atoms with Crippen LogP contribution in [0.4, 0.5) is 11.5 Å². The first-order chi connectivity index (χ1) is 12.5. The molecular weight excluding hydrogens is 397 g/mol. The summed E-state index contributed by atoms with van der Waals surface area (Å²) in [6, 6.07) is 5.14. The lowest BCUT2D eigenvalue weighted by Crippen LogP contribution is -2.09.